The fourth-order valence-electron chi connectivity index (χ4n) is 2.36. The molecule has 98 valence electrons. The molecule has 0 fully saturated rings. The lowest BCUT2D eigenvalue weighted by Gasteiger charge is -2.19. The molecule has 0 aromatic heterocycles. The van der Waals surface area contributed by atoms with Gasteiger partial charge in [-0.05, 0) is 44.2 Å². The second kappa shape index (κ2) is 5.40. The Balaban J connectivity index is 2.07. The van der Waals surface area contributed by atoms with E-state index in [4.69, 9.17) is 0 Å². The highest BCUT2D eigenvalue weighted by Crippen LogP contribution is 2.24. The zero-order chi connectivity index (χ0) is 13.1. The zero-order valence-electron chi connectivity index (χ0n) is 11.4. The van der Waals surface area contributed by atoms with E-state index in [9.17, 15) is 4.79 Å². The predicted molar refractivity (Wildman–Crippen MR) is 73.6 cm³/mol. The van der Waals surface area contributed by atoms with Crippen molar-refractivity contribution in [3.8, 4) is 0 Å². The van der Waals surface area contributed by atoms with Gasteiger partial charge < -0.3 is 10.2 Å². The number of nitrogens with one attached hydrogen (secondary N) is 1. The number of rotatable bonds is 3. The first-order valence-electron chi connectivity index (χ1n) is 6.50. The van der Waals surface area contributed by atoms with Crippen molar-refractivity contribution in [1.29, 1.82) is 0 Å². The summed E-state index contributed by atoms with van der Waals surface area (Å²) < 4.78 is 0. The number of fused-ring (bicyclic) bond motifs is 1. The molecular formula is C14H21N3O. The average Bonchev–Trinajstić information content (AvgIpc) is 2.70. The van der Waals surface area contributed by atoms with E-state index in [-0.39, 0.29) is 6.03 Å². The molecule has 0 spiro atoms. The molecular weight excluding hydrogens is 226 g/mol. The van der Waals surface area contributed by atoms with Crippen LogP contribution in [-0.4, -0.2) is 36.0 Å². The molecule has 1 aliphatic rings. The second-order valence-electron chi connectivity index (χ2n) is 4.76. The van der Waals surface area contributed by atoms with Crippen LogP contribution in [0.1, 0.15) is 25.0 Å². The highest BCUT2D eigenvalue weighted by Gasteiger charge is 2.16. The molecule has 1 heterocycles. The summed E-state index contributed by atoms with van der Waals surface area (Å²) in [6.07, 6.45) is 0. The van der Waals surface area contributed by atoms with Gasteiger partial charge in [0.2, 0.25) is 0 Å². The van der Waals surface area contributed by atoms with Gasteiger partial charge in [-0.15, -0.1) is 0 Å². The lowest BCUT2D eigenvalue weighted by molar-refractivity contribution is 0.217. The Morgan fingerprint density at radius 3 is 2.61 bits per heavy atom. The van der Waals surface area contributed by atoms with E-state index in [0.717, 1.165) is 31.9 Å². The molecule has 0 aliphatic carbocycles. The Morgan fingerprint density at radius 2 is 1.94 bits per heavy atom. The molecule has 0 bridgehead atoms. The summed E-state index contributed by atoms with van der Waals surface area (Å²) in [5.41, 5.74) is 3.56. The van der Waals surface area contributed by atoms with Gasteiger partial charge in [-0.2, -0.15) is 0 Å². The molecule has 2 rings (SSSR count). The molecule has 1 aliphatic heterocycles. The zero-order valence-corrected chi connectivity index (χ0v) is 11.4. The average molecular weight is 247 g/mol. The van der Waals surface area contributed by atoms with Gasteiger partial charge in [0.25, 0.3) is 0 Å². The number of nitrogens with zero attached hydrogens (tertiary/aromatic N) is 2. The number of hydrogen-bond donors (Lipinski definition) is 1. The van der Waals surface area contributed by atoms with Crippen molar-refractivity contribution < 1.29 is 4.79 Å². The van der Waals surface area contributed by atoms with Crippen LogP contribution in [0.3, 0.4) is 0 Å². The molecule has 4 heteroatoms. The molecule has 2 amide bonds. The minimum Gasteiger partial charge on any atom is -0.325 e. The summed E-state index contributed by atoms with van der Waals surface area (Å²) >= 11 is 0. The summed E-state index contributed by atoms with van der Waals surface area (Å²) in [5, 5.41) is 2.96. The maximum atomic E-state index is 11.9. The van der Waals surface area contributed by atoms with Crippen molar-refractivity contribution in [2.75, 3.05) is 25.5 Å². The van der Waals surface area contributed by atoms with Crippen LogP contribution in [-0.2, 0) is 13.1 Å². The fraction of sp³-hybridized carbons (Fsp3) is 0.500. The molecule has 0 unspecified atom stereocenters. The van der Waals surface area contributed by atoms with E-state index in [1.807, 2.05) is 19.9 Å². The normalized spacial score (nSPS) is 14.4. The summed E-state index contributed by atoms with van der Waals surface area (Å²) in [6, 6.07) is 6.15. The van der Waals surface area contributed by atoms with Gasteiger partial charge in [0.15, 0.2) is 0 Å². The standard InChI is InChI=1S/C14H21N3O/c1-4-17(5-2)14(18)15-13-7-6-11-9-16(3)10-12(11)8-13/h6-8H,4-5,9-10H2,1-3H3,(H,15,18). The number of carbonyl (C=O) groups excluding carboxylic acids is 1. The van der Waals surface area contributed by atoms with Crippen LogP contribution in [0.25, 0.3) is 0 Å². The quantitative estimate of drug-likeness (QED) is 0.890. The minimum atomic E-state index is -0.0219. The lowest BCUT2D eigenvalue weighted by atomic mass is 10.1. The summed E-state index contributed by atoms with van der Waals surface area (Å²) in [5.74, 6) is 0. The van der Waals surface area contributed by atoms with Crippen molar-refractivity contribution >= 4 is 11.7 Å². The number of benzene rings is 1. The number of hydrogen-bond acceptors (Lipinski definition) is 2. The van der Waals surface area contributed by atoms with Crippen molar-refractivity contribution in [3.05, 3.63) is 29.3 Å². The van der Waals surface area contributed by atoms with Crippen LogP contribution in [0.2, 0.25) is 0 Å². The van der Waals surface area contributed by atoms with E-state index in [0.29, 0.717) is 0 Å². The highest BCUT2D eigenvalue weighted by atomic mass is 16.2. The Hall–Kier alpha value is -1.55. The van der Waals surface area contributed by atoms with Gasteiger partial charge in [0, 0.05) is 31.9 Å². The molecule has 0 radical (unpaired) electrons. The number of carbonyl (C=O) groups is 1. The predicted octanol–water partition coefficient (Wildman–Crippen LogP) is 2.51. The van der Waals surface area contributed by atoms with Crippen LogP contribution in [0.4, 0.5) is 10.5 Å². The summed E-state index contributed by atoms with van der Waals surface area (Å²) in [6.45, 7) is 7.40. The molecule has 18 heavy (non-hydrogen) atoms. The minimum absolute atomic E-state index is 0.0219. The number of urea groups is 1. The van der Waals surface area contributed by atoms with Crippen LogP contribution in [0, 0.1) is 0 Å². The van der Waals surface area contributed by atoms with E-state index in [2.05, 4.69) is 29.4 Å². The van der Waals surface area contributed by atoms with E-state index in [1.165, 1.54) is 11.1 Å². The van der Waals surface area contributed by atoms with Crippen LogP contribution in [0.5, 0.6) is 0 Å². The smallest absolute Gasteiger partial charge is 0.321 e. The van der Waals surface area contributed by atoms with Crippen molar-refractivity contribution in [2.24, 2.45) is 0 Å². The molecule has 0 atom stereocenters. The van der Waals surface area contributed by atoms with Crippen LogP contribution in [0.15, 0.2) is 18.2 Å². The maximum absolute atomic E-state index is 11.9. The van der Waals surface area contributed by atoms with Gasteiger partial charge in [0.1, 0.15) is 0 Å². The SMILES string of the molecule is CCN(CC)C(=O)Nc1ccc2c(c1)CN(C)C2. The van der Waals surface area contributed by atoms with E-state index in [1.54, 1.807) is 4.90 Å². The third-order valence-electron chi connectivity index (χ3n) is 3.39. The monoisotopic (exact) mass is 247 g/mol. The third-order valence-corrected chi connectivity index (χ3v) is 3.39. The fourth-order valence-corrected chi connectivity index (χ4v) is 2.36. The molecule has 1 aromatic carbocycles. The first-order chi connectivity index (χ1) is 8.63. The molecule has 0 saturated carbocycles. The Labute approximate surface area is 109 Å². The number of amides is 2. The van der Waals surface area contributed by atoms with Crippen LogP contribution < -0.4 is 5.32 Å². The first kappa shape index (κ1) is 12.9. The van der Waals surface area contributed by atoms with Gasteiger partial charge >= 0.3 is 6.03 Å². The molecule has 0 saturated heterocycles. The largest absolute Gasteiger partial charge is 0.325 e. The van der Waals surface area contributed by atoms with Crippen LogP contribution >= 0.6 is 0 Å². The Morgan fingerprint density at radius 1 is 1.28 bits per heavy atom. The van der Waals surface area contributed by atoms with Gasteiger partial charge in [-0.25, -0.2) is 4.79 Å². The number of anilines is 1. The van der Waals surface area contributed by atoms with Crippen molar-refractivity contribution in [1.82, 2.24) is 9.80 Å². The maximum Gasteiger partial charge on any atom is 0.321 e. The Bertz CT molecular complexity index is 441. The van der Waals surface area contributed by atoms with Crippen molar-refractivity contribution in [2.45, 2.75) is 26.9 Å². The second-order valence-corrected chi connectivity index (χ2v) is 4.76. The lowest BCUT2D eigenvalue weighted by Crippen LogP contribution is -2.34. The molecule has 1 N–H and O–H groups in total. The third kappa shape index (κ3) is 2.64. The van der Waals surface area contributed by atoms with Gasteiger partial charge in [-0.3, -0.25) is 4.90 Å². The highest BCUT2D eigenvalue weighted by molar-refractivity contribution is 5.89. The first-order valence-corrected chi connectivity index (χ1v) is 6.50. The topological polar surface area (TPSA) is 35.6 Å². The molecule has 4 nitrogen and oxygen atoms in total. The van der Waals surface area contributed by atoms with Gasteiger partial charge in [0.05, 0.1) is 0 Å². The summed E-state index contributed by atoms with van der Waals surface area (Å²) in [4.78, 5) is 16.0. The summed E-state index contributed by atoms with van der Waals surface area (Å²) in [7, 11) is 2.11. The van der Waals surface area contributed by atoms with Crippen molar-refractivity contribution in [3.63, 3.8) is 0 Å². The van der Waals surface area contributed by atoms with E-state index < -0.39 is 0 Å². The Kier molecular flexibility index (Phi) is 3.87. The van der Waals surface area contributed by atoms with E-state index >= 15 is 0 Å². The van der Waals surface area contributed by atoms with Gasteiger partial charge in [-0.1, -0.05) is 6.07 Å². The molecule has 1 aromatic rings.